The number of nitrogens with one attached hydrogen (secondary N) is 1. The molecule has 4 heteroatoms. The smallest absolute Gasteiger partial charge is 0.262 e. The van der Waals surface area contributed by atoms with Crippen molar-refractivity contribution in [3.05, 3.63) is 59.4 Å². The molecule has 0 spiro atoms. The van der Waals surface area contributed by atoms with Gasteiger partial charge in [-0.1, -0.05) is 18.2 Å². The summed E-state index contributed by atoms with van der Waals surface area (Å²) >= 11 is 0. The fourth-order valence-corrected chi connectivity index (χ4v) is 2.54. The summed E-state index contributed by atoms with van der Waals surface area (Å²) in [5, 5.41) is 2.49. The number of ether oxygens (including phenoxy) is 1. The molecule has 0 aromatic heterocycles. The molecule has 1 N–H and O–H groups in total. The molecular weight excluding hydrogens is 269 g/mol. The third-order valence-corrected chi connectivity index (χ3v) is 3.59. The second kappa shape index (κ2) is 5.95. The van der Waals surface area contributed by atoms with E-state index in [0.717, 1.165) is 12.8 Å². The van der Waals surface area contributed by atoms with Crippen molar-refractivity contribution in [2.45, 2.75) is 19.3 Å². The fourth-order valence-electron chi connectivity index (χ4n) is 2.54. The molecular formula is C17H16FNO2. The van der Waals surface area contributed by atoms with E-state index in [1.807, 2.05) is 18.2 Å². The van der Waals surface area contributed by atoms with Crippen LogP contribution in [0.2, 0.25) is 0 Å². The average Bonchev–Trinajstić information content (AvgIpc) is 2.95. The lowest BCUT2D eigenvalue weighted by atomic mass is 10.1. The Kier molecular flexibility index (Phi) is 3.86. The molecule has 0 atom stereocenters. The van der Waals surface area contributed by atoms with E-state index < -0.39 is 5.82 Å². The topological polar surface area (TPSA) is 38.3 Å². The zero-order valence-electron chi connectivity index (χ0n) is 11.6. The van der Waals surface area contributed by atoms with Crippen molar-refractivity contribution in [3.63, 3.8) is 0 Å². The molecule has 2 aromatic carbocycles. The predicted octanol–water partition coefficient (Wildman–Crippen LogP) is 3.33. The van der Waals surface area contributed by atoms with Crippen LogP contribution in [-0.2, 0) is 17.6 Å². The van der Waals surface area contributed by atoms with Crippen molar-refractivity contribution in [1.82, 2.24) is 0 Å². The Morgan fingerprint density at radius 2 is 1.95 bits per heavy atom. The Morgan fingerprint density at radius 3 is 2.81 bits per heavy atom. The number of anilines is 1. The third-order valence-electron chi connectivity index (χ3n) is 3.59. The van der Waals surface area contributed by atoms with Gasteiger partial charge in [0, 0.05) is 0 Å². The summed E-state index contributed by atoms with van der Waals surface area (Å²) in [4.78, 5) is 11.8. The molecule has 0 heterocycles. The molecule has 1 aliphatic rings. The van der Waals surface area contributed by atoms with Crippen LogP contribution in [0.15, 0.2) is 42.5 Å². The van der Waals surface area contributed by atoms with Crippen LogP contribution < -0.4 is 10.1 Å². The lowest BCUT2D eigenvalue weighted by Gasteiger charge is -2.09. The number of para-hydroxylation sites is 1. The summed E-state index contributed by atoms with van der Waals surface area (Å²) in [7, 11) is 0. The number of benzene rings is 2. The predicted molar refractivity (Wildman–Crippen MR) is 79.0 cm³/mol. The van der Waals surface area contributed by atoms with Crippen molar-refractivity contribution in [1.29, 1.82) is 0 Å². The van der Waals surface area contributed by atoms with E-state index in [1.54, 1.807) is 12.1 Å². The van der Waals surface area contributed by atoms with Crippen LogP contribution in [0.3, 0.4) is 0 Å². The summed E-state index contributed by atoms with van der Waals surface area (Å²) in [5.74, 6) is -0.150. The number of hydrogen-bond acceptors (Lipinski definition) is 2. The number of carbonyl (C=O) groups excluding carboxylic acids is 1. The zero-order chi connectivity index (χ0) is 14.7. The van der Waals surface area contributed by atoms with E-state index in [4.69, 9.17) is 4.74 Å². The fraction of sp³-hybridized carbons (Fsp3) is 0.235. The minimum absolute atomic E-state index is 0.132. The highest BCUT2D eigenvalue weighted by molar-refractivity contribution is 5.91. The quantitative estimate of drug-likeness (QED) is 0.935. The monoisotopic (exact) mass is 285 g/mol. The largest absolute Gasteiger partial charge is 0.484 e. The molecule has 0 saturated heterocycles. The molecule has 0 aliphatic heterocycles. The molecule has 3 nitrogen and oxygen atoms in total. The van der Waals surface area contributed by atoms with Gasteiger partial charge in [-0.25, -0.2) is 4.39 Å². The van der Waals surface area contributed by atoms with E-state index in [2.05, 4.69) is 5.32 Å². The molecule has 1 aliphatic carbocycles. The molecule has 0 unspecified atom stereocenters. The second-order valence-corrected chi connectivity index (χ2v) is 5.10. The Hall–Kier alpha value is -2.36. The van der Waals surface area contributed by atoms with E-state index in [0.29, 0.717) is 5.75 Å². The first-order valence-electron chi connectivity index (χ1n) is 7.01. The number of aryl methyl sites for hydroxylation is 2. The van der Waals surface area contributed by atoms with Crippen LogP contribution in [-0.4, -0.2) is 12.5 Å². The first-order chi connectivity index (χ1) is 10.2. The zero-order valence-corrected chi connectivity index (χ0v) is 11.6. The van der Waals surface area contributed by atoms with Gasteiger partial charge in [-0.2, -0.15) is 0 Å². The van der Waals surface area contributed by atoms with E-state index >= 15 is 0 Å². The number of carbonyl (C=O) groups is 1. The second-order valence-electron chi connectivity index (χ2n) is 5.10. The summed E-state index contributed by atoms with van der Waals surface area (Å²) in [6, 6.07) is 12.0. The maximum absolute atomic E-state index is 13.4. The van der Waals surface area contributed by atoms with Crippen molar-refractivity contribution >= 4 is 11.6 Å². The van der Waals surface area contributed by atoms with Gasteiger partial charge in [0.05, 0.1) is 5.69 Å². The first kappa shape index (κ1) is 13.6. The van der Waals surface area contributed by atoms with E-state index in [1.165, 1.54) is 29.7 Å². The summed E-state index contributed by atoms with van der Waals surface area (Å²) in [6.07, 6.45) is 3.35. The lowest BCUT2D eigenvalue weighted by Crippen LogP contribution is -2.20. The molecule has 0 bridgehead atoms. The SMILES string of the molecule is O=C(COc1ccc2c(c1)CCC2)Nc1ccccc1F. The van der Waals surface area contributed by atoms with Crippen molar-refractivity contribution in [2.24, 2.45) is 0 Å². The molecule has 2 aromatic rings. The highest BCUT2D eigenvalue weighted by Crippen LogP contribution is 2.26. The van der Waals surface area contributed by atoms with Gasteiger partial charge in [0.15, 0.2) is 6.61 Å². The third kappa shape index (κ3) is 3.21. The molecule has 3 rings (SSSR count). The van der Waals surface area contributed by atoms with Crippen LogP contribution in [0.4, 0.5) is 10.1 Å². The van der Waals surface area contributed by atoms with Crippen LogP contribution in [0.1, 0.15) is 17.5 Å². The number of rotatable bonds is 4. The van der Waals surface area contributed by atoms with Gasteiger partial charge in [-0.15, -0.1) is 0 Å². The van der Waals surface area contributed by atoms with Crippen molar-refractivity contribution < 1.29 is 13.9 Å². The highest BCUT2D eigenvalue weighted by Gasteiger charge is 2.12. The molecule has 0 saturated carbocycles. The maximum atomic E-state index is 13.4. The van der Waals surface area contributed by atoms with Gasteiger partial charge in [0.25, 0.3) is 5.91 Å². The van der Waals surface area contributed by atoms with Crippen LogP contribution in [0.25, 0.3) is 0 Å². The van der Waals surface area contributed by atoms with Crippen molar-refractivity contribution in [2.75, 3.05) is 11.9 Å². The van der Waals surface area contributed by atoms with E-state index in [9.17, 15) is 9.18 Å². The van der Waals surface area contributed by atoms with Gasteiger partial charge in [-0.05, 0) is 54.7 Å². The molecule has 21 heavy (non-hydrogen) atoms. The molecule has 0 radical (unpaired) electrons. The molecule has 108 valence electrons. The number of hydrogen-bond donors (Lipinski definition) is 1. The lowest BCUT2D eigenvalue weighted by molar-refractivity contribution is -0.118. The summed E-state index contributed by atoms with van der Waals surface area (Å²) in [5.41, 5.74) is 2.82. The Labute approximate surface area is 122 Å². The highest BCUT2D eigenvalue weighted by atomic mass is 19.1. The van der Waals surface area contributed by atoms with Crippen LogP contribution in [0.5, 0.6) is 5.75 Å². The van der Waals surface area contributed by atoms with Gasteiger partial charge in [0.1, 0.15) is 11.6 Å². The minimum atomic E-state index is -0.455. The normalized spacial score (nSPS) is 12.8. The van der Waals surface area contributed by atoms with Crippen LogP contribution in [0, 0.1) is 5.82 Å². The minimum Gasteiger partial charge on any atom is -0.484 e. The standard InChI is InChI=1S/C17H16FNO2/c18-15-6-1-2-7-16(15)19-17(20)11-21-14-9-8-12-4-3-5-13(12)10-14/h1-2,6-10H,3-5,11H2,(H,19,20). The number of fused-ring (bicyclic) bond motifs is 1. The van der Waals surface area contributed by atoms with Gasteiger partial charge in [-0.3, -0.25) is 4.79 Å². The maximum Gasteiger partial charge on any atom is 0.262 e. The van der Waals surface area contributed by atoms with Gasteiger partial charge >= 0.3 is 0 Å². The molecule has 1 amide bonds. The Morgan fingerprint density at radius 1 is 1.14 bits per heavy atom. The van der Waals surface area contributed by atoms with E-state index in [-0.39, 0.29) is 18.2 Å². The Bertz CT molecular complexity index is 670. The summed E-state index contributed by atoms with van der Waals surface area (Å²) < 4.78 is 18.9. The number of amides is 1. The van der Waals surface area contributed by atoms with Crippen LogP contribution >= 0.6 is 0 Å². The van der Waals surface area contributed by atoms with Crippen molar-refractivity contribution in [3.8, 4) is 5.75 Å². The van der Waals surface area contributed by atoms with Gasteiger partial charge in [0.2, 0.25) is 0 Å². The average molecular weight is 285 g/mol. The Balaban J connectivity index is 1.58. The summed E-state index contributed by atoms with van der Waals surface area (Å²) in [6.45, 7) is -0.132. The van der Waals surface area contributed by atoms with Gasteiger partial charge < -0.3 is 10.1 Å². The number of halogens is 1. The molecule has 0 fully saturated rings. The first-order valence-corrected chi connectivity index (χ1v) is 7.01.